The summed E-state index contributed by atoms with van der Waals surface area (Å²) in [6.45, 7) is 7.46. The number of nitrogens with zero attached hydrogens (tertiary/aromatic N) is 2. The molecule has 1 aromatic heterocycles. The van der Waals surface area contributed by atoms with E-state index in [2.05, 4.69) is 39.4 Å². The molecule has 1 saturated heterocycles. The van der Waals surface area contributed by atoms with Crippen molar-refractivity contribution in [2.24, 2.45) is 0 Å². The highest BCUT2D eigenvalue weighted by Gasteiger charge is 2.19. The third-order valence-electron chi connectivity index (χ3n) is 4.29. The summed E-state index contributed by atoms with van der Waals surface area (Å²) < 4.78 is 5.69. The summed E-state index contributed by atoms with van der Waals surface area (Å²) >= 11 is 0. The molecule has 5 heteroatoms. The smallest absolute Gasteiger partial charge is 0.286 e. The molecule has 3 rings (SSSR count). The van der Waals surface area contributed by atoms with Gasteiger partial charge in [-0.05, 0) is 30.7 Å². The Labute approximate surface area is 143 Å². The zero-order valence-electron chi connectivity index (χ0n) is 14.2. The van der Waals surface area contributed by atoms with Crippen LogP contribution in [0.25, 0.3) is 0 Å². The molecule has 5 nitrogen and oxygen atoms in total. The van der Waals surface area contributed by atoms with Crippen molar-refractivity contribution in [3.8, 4) is 0 Å². The molecular formula is C19H25N3O2. The predicted molar refractivity (Wildman–Crippen MR) is 95.3 cm³/mol. The predicted octanol–water partition coefficient (Wildman–Crippen LogP) is 2.74. The minimum Gasteiger partial charge on any atom is -0.455 e. The van der Waals surface area contributed by atoms with Gasteiger partial charge in [-0.3, -0.25) is 9.69 Å². The Bertz CT molecular complexity index is 646. The van der Waals surface area contributed by atoms with Crippen molar-refractivity contribution in [3.05, 3.63) is 54.0 Å². The van der Waals surface area contributed by atoms with Gasteiger partial charge < -0.3 is 14.6 Å². The first-order chi connectivity index (χ1) is 11.8. The van der Waals surface area contributed by atoms with Crippen molar-refractivity contribution in [3.63, 3.8) is 0 Å². The highest BCUT2D eigenvalue weighted by atomic mass is 16.4. The Kier molecular flexibility index (Phi) is 5.54. The molecule has 0 unspecified atom stereocenters. The second kappa shape index (κ2) is 8.02. The van der Waals surface area contributed by atoms with Crippen molar-refractivity contribution >= 4 is 11.6 Å². The van der Waals surface area contributed by atoms with Gasteiger partial charge >= 0.3 is 0 Å². The molecule has 1 aromatic carbocycles. The van der Waals surface area contributed by atoms with E-state index in [0.717, 1.165) is 44.9 Å². The summed E-state index contributed by atoms with van der Waals surface area (Å²) in [6, 6.07) is 14.2. The highest BCUT2D eigenvalue weighted by molar-refractivity contribution is 5.91. The van der Waals surface area contributed by atoms with E-state index in [0.29, 0.717) is 12.3 Å². The number of rotatable bonds is 6. The van der Waals surface area contributed by atoms with Gasteiger partial charge in [-0.2, -0.15) is 0 Å². The van der Waals surface area contributed by atoms with E-state index in [1.54, 1.807) is 6.07 Å². The van der Waals surface area contributed by atoms with Crippen LogP contribution in [0.2, 0.25) is 0 Å². The van der Waals surface area contributed by atoms with E-state index in [1.165, 1.54) is 5.69 Å². The Morgan fingerprint density at radius 1 is 1.08 bits per heavy atom. The van der Waals surface area contributed by atoms with Crippen molar-refractivity contribution in [2.75, 3.05) is 37.6 Å². The van der Waals surface area contributed by atoms with Gasteiger partial charge in [0.1, 0.15) is 5.76 Å². The first-order valence-corrected chi connectivity index (χ1v) is 8.65. The number of hydrogen-bond donors (Lipinski definition) is 1. The maximum atomic E-state index is 11.9. The van der Waals surface area contributed by atoms with Gasteiger partial charge in [-0.1, -0.05) is 25.1 Å². The molecule has 0 atom stereocenters. The van der Waals surface area contributed by atoms with E-state index in [1.807, 2.05) is 19.1 Å². The van der Waals surface area contributed by atoms with Gasteiger partial charge in [0, 0.05) is 38.4 Å². The molecular weight excluding hydrogens is 302 g/mol. The van der Waals surface area contributed by atoms with Crippen LogP contribution in [0, 0.1) is 0 Å². The summed E-state index contributed by atoms with van der Waals surface area (Å²) in [5, 5.41) is 2.84. The quantitative estimate of drug-likeness (QED) is 0.886. The molecule has 24 heavy (non-hydrogen) atoms. The third kappa shape index (κ3) is 4.17. The van der Waals surface area contributed by atoms with Gasteiger partial charge in [-0.15, -0.1) is 0 Å². The van der Waals surface area contributed by atoms with Crippen molar-refractivity contribution in [1.29, 1.82) is 0 Å². The number of anilines is 1. The summed E-state index contributed by atoms with van der Waals surface area (Å²) in [4.78, 5) is 16.7. The number of carbonyl (C=O) groups excluding carboxylic acids is 1. The topological polar surface area (TPSA) is 48.7 Å². The molecule has 0 saturated carbocycles. The molecule has 1 amide bonds. The van der Waals surface area contributed by atoms with Crippen molar-refractivity contribution in [2.45, 2.75) is 19.9 Å². The fourth-order valence-corrected chi connectivity index (χ4v) is 2.93. The second-order valence-electron chi connectivity index (χ2n) is 6.12. The maximum Gasteiger partial charge on any atom is 0.286 e. The SMILES string of the molecule is CCCNC(=O)c1ccc(CN2CCN(c3ccccc3)CC2)o1. The van der Waals surface area contributed by atoms with Crippen LogP contribution in [-0.2, 0) is 6.54 Å². The van der Waals surface area contributed by atoms with Gasteiger partial charge in [-0.25, -0.2) is 0 Å². The zero-order valence-corrected chi connectivity index (χ0v) is 14.2. The van der Waals surface area contributed by atoms with E-state index in [-0.39, 0.29) is 5.91 Å². The van der Waals surface area contributed by atoms with E-state index in [4.69, 9.17) is 4.42 Å². The lowest BCUT2D eigenvalue weighted by atomic mass is 10.2. The molecule has 1 aliphatic rings. The Morgan fingerprint density at radius 3 is 2.54 bits per heavy atom. The number of para-hydroxylation sites is 1. The molecule has 1 aliphatic heterocycles. The molecule has 2 aromatic rings. The molecule has 0 radical (unpaired) electrons. The fraction of sp³-hybridized carbons (Fsp3) is 0.421. The van der Waals surface area contributed by atoms with E-state index >= 15 is 0 Å². The number of carbonyl (C=O) groups is 1. The molecule has 0 spiro atoms. The number of nitrogens with one attached hydrogen (secondary N) is 1. The fourth-order valence-electron chi connectivity index (χ4n) is 2.93. The van der Waals surface area contributed by atoms with Gasteiger partial charge in [0.15, 0.2) is 5.76 Å². The molecule has 128 valence electrons. The monoisotopic (exact) mass is 327 g/mol. The average molecular weight is 327 g/mol. The number of benzene rings is 1. The lowest BCUT2D eigenvalue weighted by Crippen LogP contribution is -2.45. The Balaban J connectivity index is 1.50. The summed E-state index contributed by atoms with van der Waals surface area (Å²) in [5.74, 6) is 1.13. The number of hydrogen-bond acceptors (Lipinski definition) is 4. The number of amides is 1. The van der Waals surface area contributed by atoms with Gasteiger partial charge in [0.05, 0.1) is 6.54 Å². The lowest BCUT2D eigenvalue weighted by molar-refractivity contribution is 0.0922. The van der Waals surface area contributed by atoms with Crippen molar-refractivity contribution in [1.82, 2.24) is 10.2 Å². The molecule has 1 fully saturated rings. The van der Waals surface area contributed by atoms with Crippen LogP contribution >= 0.6 is 0 Å². The highest BCUT2D eigenvalue weighted by Crippen LogP contribution is 2.17. The second-order valence-corrected chi connectivity index (χ2v) is 6.12. The average Bonchev–Trinajstić information content (AvgIpc) is 3.10. The van der Waals surface area contributed by atoms with Crippen LogP contribution < -0.4 is 10.2 Å². The Morgan fingerprint density at radius 2 is 1.83 bits per heavy atom. The number of piperazine rings is 1. The van der Waals surface area contributed by atoms with Crippen LogP contribution in [0.4, 0.5) is 5.69 Å². The Hall–Kier alpha value is -2.27. The van der Waals surface area contributed by atoms with Gasteiger partial charge in [0.25, 0.3) is 5.91 Å². The zero-order chi connectivity index (χ0) is 16.8. The lowest BCUT2D eigenvalue weighted by Gasteiger charge is -2.35. The van der Waals surface area contributed by atoms with Gasteiger partial charge in [0.2, 0.25) is 0 Å². The molecule has 0 bridgehead atoms. The van der Waals surface area contributed by atoms with Crippen LogP contribution in [0.3, 0.4) is 0 Å². The van der Waals surface area contributed by atoms with E-state index < -0.39 is 0 Å². The molecule has 1 N–H and O–H groups in total. The van der Waals surface area contributed by atoms with Crippen LogP contribution in [0.1, 0.15) is 29.7 Å². The first-order valence-electron chi connectivity index (χ1n) is 8.65. The molecule has 2 heterocycles. The van der Waals surface area contributed by atoms with Crippen LogP contribution in [0.15, 0.2) is 46.9 Å². The summed E-state index contributed by atoms with van der Waals surface area (Å²) in [5.41, 5.74) is 1.28. The maximum absolute atomic E-state index is 11.9. The minimum absolute atomic E-state index is 0.128. The normalized spacial score (nSPS) is 15.5. The van der Waals surface area contributed by atoms with Crippen molar-refractivity contribution < 1.29 is 9.21 Å². The summed E-state index contributed by atoms with van der Waals surface area (Å²) in [6.07, 6.45) is 0.922. The van der Waals surface area contributed by atoms with Crippen LogP contribution in [0.5, 0.6) is 0 Å². The van der Waals surface area contributed by atoms with Crippen LogP contribution in [-0.4, -0.2) is 43.5 Å². The largest absolute Gasteiger partial charge is 0.455 e. The third-order valence-corrected chi connectivity index (χ3v) is 4.29. The summed E-state index contributed by atoms with van der Waals surface area (Å²) in [7, 11) is 0. The minimum atomic E-state index is -0.128. The number of furan rings is 1. The molecule has 0 aliphatic carbocycles. The van der Waals surface area contributed by atoms with E-state index in [9.17, 15) is 4.79 Å². The standard InChI is InChI=1S/C19H25N3O2/c1-2-10-20-19(23)18-9-8-17(24-18)15-21-11-13-22(14-12-21)16-6-4-3-5-7-16/h3-9H,2,10-15H2,1H3,(H,20,23). The first kappa shape index (κ1) is 16.6.